The van der Waals surface area contributed by atoms with Crippen molar-refractivity contribution in [3.8, 4) is 0 Å². The van der Waals surface area contributed by atoms with Gasteiger partial charge in [0.05, 0.1) is 0 Å². The lowest BCUT2D eigenvalue weighted by Crippen LogP contribution is -2.19. The molecule has 0 aromatic heterocycles. The molecule has 1 aliphatic carbocycles. The van der Waals surface area contributed by atoms with Crippen LogP contribution in [0.25, 0.3) is 0 Å². The topological polar surface area (TPSA) is 23.9 Å². The summed E-state index contributed by atoms with van der Waals surface area (Å²) >= 11 is 0. The molecule has 1 nitrogen and oxygen atoms in total. The second-order valence-corrected chi connectivity index (χ2v) is 6.11. The van der Waals surface area contributed by atoms with Gasteiger partial charge in [-0.1, -0.05) is 61.4 Å². The molecule has 0 heterocycles. The molecule has 0 radical (unpaired) electrons. The summed E-state index contributed by atoms with van der Waals surface area (Å²) in [6, 6.07) is 0. The highest BCUT2D eigenvalue weighted by Gasteiger charge is 2.26. The first-order chi connectivity index (χ1) is 9.47. The van der Waals surface area contributed by atoms with Gasteiger partial charge >= 0.3 is 0 Å². The minimum Gasteiger partial charge on any atom is -0.309 e. The van der Waals surface area contributed by atoms with Crippen molar-refractivity contribution < 1.29 is 0 Å². The molecule has 1 rings (SSSR count). The van der Waals surface area contributed by atoms with Crippen molar-refractivity contribution >= 4 is 6.21 Å². The summed E-state index contributed by atoms with van der Waals surface area (Å²) in [5, 5.41) is 6.88. The lowest BCUT2D eigenvalue weighted by Gasteiger charge is -2.32. The first-order valence-corrected chi connectivity index (χ1v) is 7.36. The number of rotatable bonds is 5. The summed E-state index contributed by atoms with van der Waals surface area (Å²) in [5.74, 6) is 0. The normalized spacial score (nSPS) is 20.5. The molecular weight excluding hydrogens is 242 g/mol. The van der Waals surface area contributed by atoms with E-state index in [0.717, 1.165) is 0 Å². The molecule has 0 aromatic rings. The average Bonchev–Trinajstić information content (AvgIpc) is 2.37. The molecule has 0 aromatic carbocycles. The van der Waals surface area contributed by atoms with Crippen molar-refractivity contribution in [2.75, 3.05) is 0 Å². The zero-order valence-corrected chi connectivity index (χ0v) is 13.2. The third-order valence-corrected chi connectivity index (χ3v) is 3.84. The highest BCUT2D eigenvalue weighted by atomic mass is 14.3. The molecule has 0 saturated carbocycles. The van der Waals surface area contributed by atoms with Gasteiger partial charge in [-0.2, -0.15) is 0 Å². The van der Waals surface area contributed by atoms with Gasteiger partial charge in [0.15, 0.2) is 0 Å². The number of allylic oxidation sites excluding steroid dienone is 10. The summed E-state index contributed by atoms with van der Waals surface area (Å²) in [7, 11) is 0. The third-order valence-electron chi connectivity index (χ3n) is 3.84. The Balaban J connectivity index is 2.76. The number of hydrogen-bond donors (Lipinski definition) is 1. The molecule has 0 spiro atoms. The zero-order valence-electron chi connectivity index (χ0n) is 13.2. The Labute approximate surface area is 124 Å². The first-order valence-electron chi connectivity index (χ1n) is 7.36. The van der Waals surface area contributed by atoms with Crippen molar-refractivity contribution in [2.45, 2.75) is 47.0 Å². The monoisotopic (exact) mass is 269 g/mol. The summed E-state index contributed by atoms with van der Waals surface area (Å²) in [5.41, 5.74) is 4.59. The summed E-state index contributed by atoms with van der Waals surface area (Å²) in [6.45, 7) is 9.07. The van der Waals surface area contributed by atoms with Crippen LogP contribution in [0.15, 0.2) is 59.3 Å². The van der Waals surface area contributed by atoms with E-state index < -0.39 is 0 Å². The van der Waals surface area contributed by atoms with E-state index in [4.69, 9.17) is 5.41 Å². The Kier molecular flexibility index (Phi) is 6.44. The van der Waals surface area contributed by atoms with Gasteiger partial charge in [0.2, 0.25) is 0 Å². The third kappa shape index (κ3) is 5.16. The fourth-order valence-corrected chi connectivity index (χ4v) is 2.67. The Bertz CT molecular complexity index is 482. The molecule has 1 heteroatoms. The standard InChI is InChI=1S/C19H27N/c1-16(10-7-5-6-8-15-20)12-13-18-17(2)11-9-14-19(18,3)4/h5-8,10,12-13,15,20H,9,11,14H2,1-4H3/b7-5+,8-6+,13-12+,16-10+,20-15?. The summed E-state index contributed by atoms with van der Waals surface area (Å²) < 4.78 is 0. The van der Waals surface area contributed by atoms with Crippen LogP contribution in [-0.4, -0.2) is 6.21 Å². The number of nitrogens with one attached hydrogen (secondary N) is 1. The van der Waals surface area contributed by atoms with E-state index in [-0.39, 0.29) is 0 Å². The van der Waals surface area contributed by atoms with E-state index in [1.807, 2.05) is 18.2 Å². The van der Waals surface area contributed by atoms with Gasteiger partial charge in [-0.05, 0) is 50.2 Å². The highest BCUT2D eigenvalue weighted by molar-refractivity contribution is 5.68. The predicted octanol–water partition coefficient (Wildman–Crippen LogP) is 5.78. The molecule has 0 aliphatic heterocycles. The maximum atomic E-state index is 6.88. The van der Waals surface area contributed by atoms with E-state index >= 15 is 0 Å². The second-order valence-electron chi connectivity index (χ2n) is 6.11. The van der Waals surface area contributed by atoms with Crippen LogP contribution in [0, 0.1) is 10.8 Å². The van der Waals surface area contributed by atoms with Crippen LogP contribution < -0.4 is 0 Å². The fraction of sp³-hybridized carbons (Fsp3) is 0.421. The predicted molar refractivity (Wildman–Crippen MR) is 90.3 cm³/mol. The Morgan fingerprint density at radius 1 is 1.15 bits per heavy atom. The first kappa shape index (κ1) is 16.4. The number of hydrogen-bond acceptors (Lipinski definition) is 1. The van der Waals surface area contributed by atoms with Crippen molar-refractivity contribution in [1.29, 1.82) is 5.41 Å². The summed E-state index contributed by atoms with van der Waals surface area (Å²) in [4.78, 5) is 0. The van der Waals surface area contributed by atoms with E-state index in [0.29, 0.717) is 5.41 Å². The van der Waals surface area contributed by atoms with Gasteiger partial charge in [0.25, 0.3) is 0 Å². The van der Waals surface area contributed by atoms with E-state index in [9.17, 15) is 0 Å². The largest absolute Gasteiger partial charge is 0.309 e. The molecule has 0 fully saturated rings. The average molecular weight is 269 g/mol. The van der Waals surface area contributed by atoms with Crippen LogP contribution in [0.4, 0.5) is 0 Å². The smallest absolute Gasteiger partial charge is 0.0177 e. The molecule has 1 N–H and O–H groups in total. The SMILES string of the molecule is CC1=C(/C=C/C(C)=C/C=C/C=C/C=N)C(C)(C)CCC1. The molecule has 1 aliphatic rings. The van der Waals surface area contributed by atoms with Gasteiger partial charge in [-0.25, -0.2) is 0 Å². The van der Waals surface area contributed by atoms with Gasteiger partial charge in [-0.3, -0.25) is 0 Å². The summed E-state index contributed by atoms with van der Waals surface area (Å²) in [6.07, 6.45) is 19.2. The Morgan fingerprint density at radius 3 is 2.50 bits per heavy atom. The van der Waals surface area contributed by atoms with Crippen LogP contribution in [0.3, 0.4) is 0 Å². The van der Waals surface area contributed by atoms with Crippen molar-refractivity contribution in [3.05, 3.63) is 59.3 Å². The van der Waals surface area contributed by atoms with Gasteiger partial charge in [0.1, 0.15) is 0 Å². The van der Waals surface area contributed by atoms with E-state index in [1.165, 1.54) is 42.2 Å². The van der Waals surface area contributed by atoms with Crippen LogP contribution in [-0.2, 0) is 0 Å². The van der Waals surface area contributed by atoms with Crippen LogP contribution in [0.1, 0.15) is 47.0 Å². The molecule has 0 saturated heterocycles. The maximum absolute atomic E-state index is 6.88. The molecule has 0 amide bonds. The van der Waals surface area contributed by atoms with Crippen LogP contribution in [0.2, 0.25) is 0 Å². The van der Waals surface area contributed by atoms with Gasteiger partial charge < -0.3 is 5.41 Å². The van der Waals surface area contributed by atoms with E-state index in [1.54, 1.807) is 6.08 Å². The van der Waals surface area contributed by atoms with E-state index in [2.05, 4.69) is 45.9 Å². The molecule has 0 atom stereocenters. The molecule has 20 heavy (non-hydrogen) atoms. The van der Waals surface area contributed by atoms with Crippen molar-refractivity contribution in [2.24, 2.45) is 5.41 Å². The van der Waals surface area contributed by atoms with Gasteiger partial charge in [0, 0.05) is 6.21 Å². The van der Waals surface area contributed by atoms with Gasteiger partial charge in [-0.15, -0.1) is 0 Å². The van der Waals surface area contributed by atoms with Crippen molar-refractivity contribution in [1.82, 2.24) is 0 Å². The van der Waals surface area contributed by atoms with Crippen molar-refractivity contribution in [3.63, 3.8) is 0 Å². The maximum Gasteiger partial charge on any atom is 0.0177 e. The van der Waals surface area contributed by atoms with Crippen LogP contribution in [0.5, 0.6) is 0 Å². The molecule has 108 valence electrons. The highest BCUT2D eigenvalue weighted by Crippen LogP contribution is 2.40. The quantitative estimate of drug-likeness (QED) is 0.483. The lowest BCUT2D eigenvalue weighted by atomic mass is 9.72. The fourth-order valence-electron chi connectivity index (χ4n) is 2.67. The Hall–Kier alpha value is -1.63. The molecule has 0 unspecified atom stereocenters. The lowest BCUT2D eigenvalue weighted by molar-refractivity contribution is 0.377. The minimum atomic E-state index is 0.307. The zero-order chi connectivity index (χ0) is 15.0. The van der Waals surface area contributed by atoms with Crippen LogP contribution >= 0.6 is 0 Å². The Morgan fingerprint density at radius 2 is 1.85 bits per heavy atom. The molecular formula is C19H27N. The second kappa shape index (κ2) is 7.84. The molecule has 0 bridgehead atoms. The minimum absolute atomic E-state index is 0.307.